The van der Waals surface area contributed by atoms with Gasteiger partial charge in [0.1, 0.15) is 0 Å². The zero-order valence-corrected chi connectivity index (χ0v) is 13.5. The van der Waals surface area contributed by atoms with Crippen LogP contribution in [0.25, 0.3) is 0 Å². The van der Waals surface area contributed by atoms with E-state index in [2.05, 4.69) is 5.32 Å². The molecule has 0 aliphatic carbocycles. The van der Waals surface area contributed by atoms with Crippen LogP contribution >= 0.6 is 11.3 Å². The van der Waals surface area contributed by atoms with E-state index < -0.39 is 17.6 Å². The van der Waals surface area contributed by atoms with E-state index in [1.165, 1.54) is 12.1 Å². The van der Waals surface area contributed by atoms with Gasteiger partial charge < -0.3 is 10.2 Å². The SMILES string of the molecule is CN(C)C(CNC(=O)c1cccc(C(F)(F)F)c1)c1cccs1. The minimum atomic E-state index is -4.46. The molecule has 0 saturated heterocycles. The molecule has 1 heterocycles. The highest BCUT2D eigenvalue weighted by atomic mass is 32.1. The number of thiophene rings is 1. The summed E-state index contributed by atoms with van der Waals surface area (Å²) >= 11 is 1.57. The number of carbonyl (C=O) groups is 1. The van der Waals surface area contributed by atoms with Crippen molar-refractivity contribution in [1.82, 2.24) is 10.2 Å². The summed E-state index contributed by atoms with van der Waals surface area (Å²) in [5, 5.41) is 4.65. The number of nitrogens with one attached hydrogen (secondary N) is 1. The van der Waals surface area contributed by atoms with Gasteiger partial charge in [-0.05, 0) is 43.7 Å². The van der Waals surface area contributed by atoms with Crippen molar-refractivity contribution in [2.24, 2.45) is 0 Å². The van der Waals surface area contributed by atoms with Crippen LogP contribution in [0, 0.1) is 0 Å². The lowest BCUT2D eigenvalue weighted by molar-refractivity contribution is -0.137. The van der Waals surface area contributed by atoms with Crippen LogP contribution in [0.2, 0.25) is 0 Å². The van der Waals surface area contributed by atoms with E-state index in [1.54, 1.807) is 11.3 Å². The third-order valence-corrected chi connectivity index (χ3v) is 4.38. The van der Waals surface area contributed by atoms with Gasteiger partial charge in [-0.15, -0.1) is 11.3 Å². The summed E-state index contributed by atoms with van der Waals surface area (Å²) < 4.78 is 38.1. The number of likely N-dealkylation sites (N-methyl/N-ethyl adjacent to an activating group) is 1. The summed E-state index contributed by atoms with van der Waals surface area (Å²) in [4.78, 5) is 15.2. The molecular weight excluding hydrogens is 325 g/mol. The van der Waals surface area contributed by atoms with Crippen molar-refractivity contribution < 1.29 is 18.0 Å². The van der Waals surface area contributed by atoms with Crippen LogP contribution in [0.15, 0.2) is 41.8 Å². The summed E-state index contributed by atoms with van der Waals surface area (Å²) in [6.45, 7) is 0.322. The molecule has 1 atom stereocenters. The first-order valence-corrected chi connectivity index (χ1v) is 7.82. The molecular formula is C16H17F3N2OS. The third-order valence-electron chi connectivity index (χ3n) is 3.40. The second-order valence-corrected chi connectivity index (χ2v) is 6.26. The smallest absolute Gasteiger partial charge is 0.350 e. The molecule has 0 aliphatic heterocycles. The first-order chi connectivity index (χ1) is 10.8. The second kappa shape index (κ2) is 7.14. The molecule has 2 rings (SSSR count). The Labute approximate surface area is 136 Å². The van der Waals surface area contributed by atoms with Crippen molar-refractivity contribution in [1.29, 1.82) is 0 Å². The first kappa shape index (κ1) is 17.5. The van der Waals surface area contributed by atoms with E-state index in [4.69, 9.17) is 0 Å². The van der Waals surface area contributed by atoms with Gasteiger partial charge in [0.15, 0.2) is 0 Å². The van der Waals surface area contributed by atoms with Crippen LogP contribution in [0.1, 0.15) is 26.8 Å². The number of alkyl halides is 3. The lowest BCUT2D eigenvalue weighted by Gasteiger charge is -2.23. The molecule has 0 spiro atoms. The fraction of sp³-hybridized carbons (Fsp3) is 0.312. The van der Waals surface area contributed by atoms with Gasteiger partial charge in [-0.2, -0.15) is 13.2 Å². The van der Waals surface area contributed by atoms with E-state index in [1.807, 2.05) is 36.5 Å². The normalized spacial score (nSPS) is 13.1. The summed E-state index contributed by atoms with van der Waals surface area (Å²) in [6, 6.07) is 8.29. The first-order valence-electron chi connectivity index (χ1n) is 6.94. The topological polar surface area (TPSA) is 32.3 Å². The Bertz CT molecular complexity index is 654. The Morgan fingerprint density at radius 3 is 2.57 bits per heavy atom. The average Bonchev–Trinajstić information content (AvgIpc) is 3.00. The van der Waals surface area contributed by atoms with Gasteiger partial charge in [-0.1, -0.05) is 12.1 Å². The van der Waals surface area contributed by atoms with Gasteiger partial charge in [0.2, 0.25) is 0 Å². The van der Waals surface area contributed by atoms with E-state index in [-0.39, 0.29) is 11.6 Å². The average molecular weight is 342 g/mol. The Morgan fingerprint density at radius 1 is 1.26 bits per heavy atom. The molecule has 0 bridgehead atoms. The van der Waals surface area contributed by atoms with Crippen molar-refractivity contribution >= 4 is 17.2 Å². The Balaban J connectivity index is 2.07. The lowest BCUT2D eigenvalue weighted by Crippen LogP contribution is -2.34. The molecule has 1 amide bonds. The van der Waals surface area contributed by atoms with Crippen LogP contribution in [-0.2, 0) is 6.18 Å². The van der Waals surface area contributed by atoms with Crippen LogP contribution in [0.4, 0.5) is 13.2 Å². The van der Waals surface area contributed by atoms with Gasteiger partial charge in [0.25, 0.3) is 5.91 Å². The fourth-order valence-corrected chi connectivity index (χ4v) is 3.07. The molecule has 1 aromatic carbocycles. The summed E-state index contributed by atoms with van der Waals surface area (Å²) in [5.41, 5.74) is -0.823. The predicted molar refractivity (Wildman–Crippen MR) is 84.5 cm³/mol. The summed E-state index contributed by atoms with van der Waals surface area (Å²) in [7, 11) is 3.78. The van der Waals surface area contributed by atoms with E-state index in [0.717, 1.165) is 17.0 Å². The molecule has 2 aromatic rings. The van der Waals surface area contributed by atoms with Gasteiger partial charge in [-0.3, -0.25) is 4.79 Å². The number of rotatable bonds is 5. The zero-order chi connectivity index (χ0) is 17.0. The monoisotopic (exact) mass is 342 g/mol. The number of hydrogen-bond donors (Lipinski definition) is 1. The molecule has 1 N–H and O–H groups in total. The molecule has 7 heteroatoms. The molecule has 0 radical (unpaired) electrons. The number of amides is 1. The van der Waals surface area contributed by atoms with Crippen LogP contribution < -0.4 is 5.32 Å². The minimum absolute atomic E-state index is 0.00325. The quantitative estimate of drug-likeness (QED) is 0.896. The molecule has 124 valence electrons. The van der Waals surface area contributed by atoms with Crippen LogP contribution in [0.3, 0.4) is 0 Å². The summed E-state index contributed by atoms with van der Waals surface area (Å²) in [5.74, 6) is -0.514. The van der Waals surface area contributed by atoms with Gasteiger partial charge in [0.05, 0.1) is 11.6 Å². The molecule has 0 fully saturated rings. The molecule has 23 heavy (non-hydrogen) atoms. The van der Waals surface area contributed by atoms with Crippen molar-refractivity contribution in [2.45, 2.75) is 12.2 Å². The van der Waals surface area contributed by atoms with Gasteiger partial charge >= 0.3 is 6.18 Å². The van der Waals surface area contributed by atoms with Gasteiger partial charge in [0, 0.05) is 17.0 Å². The molecule has 0 saturated carbocycles. The number of carbonyl (C=O) groups excluding carboxylic acids is 1. The minimum Gasteiger partial charge on any atom is -0.350 e. The maximum absolute atomic E-state index is 12.7. The lowest BCUT2D eigenvalue weighted by atomic mass is 10.1. The van der Waals surface area contributed by atoms with Crippen molar-refractivity contribution in [2.75, 3.05) is 20.6 Å². The van der Waals surface area contributed by atoms with E-state index >= 15 is 0 Å². The van der Waals surface area contributed by atoms with Crippen LogP contribution in [-0.4, -0.2) is 31.4 Å². The highest BCUT2D eigenvalue weighted by molar-refractivity contribution is 7.10. The van der Waals surface area contributed by atoms with Crippen molar-refractivity contribution in [3.63, 3.8) is 0 Å². The Kier molecular flexibility index (Phi) is 5.43. The number of hydrogen-bond acceptors (Lipinski definition) is 3. The molecule has 3 nitrogen and oxygen atoms in total. The van der Waals surface area contributed by atoms with E-state index in [0.29, 0.717) is 6.54 Å². The van der Waals surface area contributed by atoms with Crippen molar-refractivity contribution in [3.05, 3.63) is 57.8 Å². The molecule has 1 aromatic heterocycles. The van der Waals surface area contributed by atoms with E-state index in [9.17, 15) is 18.0 Å². The number of halogens is 3. The fourth-order valence-electron chi connectivity index (χ4n) is 2.15. The Hall–Kier alpha value is -1.86. The van der Waals surface area contributed by atoms with Crippen LogP contribution in [0.5, 0.6) is 0 Å². The standard InChI is InChI=1S/C16H17F3N2OS/c1-21(2)13(14-7-4-8-23-14)10-20-15(22)11-5-3-6-12(9-11)16(17,18)19/h3-9,13H,10H2,1-2H3,(H,20,22). The maximum atomic E-state index is 12.7. The predicted octanol–water partition coefficient (Wildman–Crippen LogP) is 3.80. The highest BCUT2D eigenvalue weighted by Crippen LogP contribution is 2.29. The second-order valence-electron chi connectivity index (χ2n) is 5.28. The molecule has 1 unspecified atom stereocenters. The van der Waals surface area contributed by atoms with Gasteiger partial charge in [-0.25, -0.2) is 0 Å². The highest BCUT2D eigenvalue weighted by Gasteiger charge is 2.31. The third kappa shape index (κ3) is 4.56. The number of benzene rings is 1. The zero-order valence-electron chi connectivity index (χ0n) is 12.7. The maximum Gasteiger partial charge on any atom is 0.416 e. The Morgan fingerprint density at radius 2 is 2.00 bits per heavy atom. The summed E-state index contributed by atoms with van der Waals surface area (Å²) in [6.07, 6.45) is -4.46. The number of nitrogens with zero attached hydrogens (tertiary/aromatic N) is 1. The molecule has 0 aliphatic rings. The van der Waals surface area contributed by atoms with Crippen molar-refractivity contribution in [3.8, 4) is 0 Å². The largest absolute Gasteiger partial charge is 0.416 e.